The molecule has 0 bridgehead atoms. The van der Waals surface area contributed by atoms with E-state index in [2.05, 4.69) is 25.3 Å². The van der Waals surface area contributed by atoms with Crippen molar-refractivity contribution in [1.82, 2.24) is 4.98 Å². The molecule has 2 aliphatic rings. The molecule has 0 aromatic carbocycles. The van der Waals surface area contributed by atoms with Crippen molar-refractivity contribution >= 4 is 57.1 Å². The summed E-state index contributed by atoms with van der Waals surface area (Å²) < 4.78 is 140. The van der Waals surface area contributed by atoms with Gasteiger partial charge in [0.15, 0.2) is 12.4 Å². The highest BCUT2D eigenvalue weighted by Crippen LogP contribution is 2.83. The lowest BCUT2D eigenvalue weighted by Crippen LogP contribution is -3.00. The third-order valence-electron chi connectivity index (χ3n) is 2.86. The fraction of sp³-hybridized carbons (Fsp3) is 0. The first-order valence-electron chi connectivity index (χ1n) is 8.16. The molecule has 0 N–H and O–H groups in total. The topological polar surface area (TPSA) is 90.9 Å². The van der Waals surface area contributed by atoms with Crippen molar-refractivity contribution in [3.63, 3.8) is 0 Å². The number of rotatable bonds is 1. The van der Waals surface area contributed by atoms with Gasteiger partial charge in [-0.25, -0.2) is 0 Å². The summed E-state index contributed by atoms with van der Waals surface area (Å²) in [7, 11) is -27.2. The number of pyridine rings is 2. The Morgan fingerprint density at radius 3 is 1.28 bits per heavy atom. The van der Waals surface area contributed by atoms with E-state index in [4.69, 9.17) is 0 Å². The van der Waals surface area contributed by atoms with Crippen LogP contribution in [0.5, 0.6) is 0 Å². The molecular formula is C10H10Cl2F10N8P6. The average Bonchev–Trinajstić information content (AvgIpc) is 2.64. The SMILES string of the molecule is FP1(F)=NP(F)(F)=NP(F)(Cl)=N1.FP1(F)=NP(F)(F)=NP(F)([n+]2ccccc2)=N1.[Cl-].c1ccncc1. The molecule has 0 saturated heterocycles. The molecule has 2 aromatic rings. The van der Waals surface area contributed by atoms with E-state index in [1.807, 2.05) is 31.7 Å². The molecule has 2 aromatic heterocycles. The van der Waals surface area contributed by atoms with Crippen LogP contribution in [0.2, 0.25) is 0 Å². The monoisotopic (exact) mass is 688 g/mol. The van der Waals surface area contributed by atoms with Gasteiger partial charge in [-0.2, -0.15) is 4.20 Å². The standard InChI is InChI=1S/C5H5F5N4P3.C5H5N.ClF5N3P3.ClH/c6-15(7)11-16(8,9)13-17(10,12-15)14-4-2-1-3-5-14;1-2-4-6-5-3-1;1-10(2)7-11(3,4)9-12(5,6)8-10;/h1-5H;1-5H;;1H/q+1;;;/p-1. The third-order valence-corrected chi connectivity index (χ3v) is 15.4. The molecular weight excluding hydrogens is 679 g/mol. The summed E-state index contributed by atoms with van der Waals surface area (Å²) in [4.78, 5) is 3.78. The fourth-order valence-corrected chi connectivity index (χ4v) is 13.7. The summed E-state index contributed by atoms with van der Waals surface area (Å²) in [5, 5.41) is 0. The fourth-order valence-electron chi connectivity index (χ4n) is 1.86. The zero-order valence-corrected chi connectivity index (χ0v) is 23.4. The molecule has 4 rings (SSSR count). The van der Waals surface area contributed by atoms with Gasteiger partial charge in [0.25, 0.3) is 0 Å². The number of aromatic nitrogens is 2. The van der Waals surface area contributed by atoms with Crippen LogP contribution in [0.4, 0.5) is 42.0 Å². The molecule has 2 atom stereocenters. The maximum Gasteiger partial charge on any atom is 0.525 e. The Balaban J connectivity index is 0.000000297. The van der Waals surface area contributed by atoms with Crippen molar-refractivity contribution in [3.8, 4) is 0 Å². The predicted molar refractivity (Wildman–Crippen MR) is 119 cm³/mol. The molecule has 0 spiro atoms. The summed E-state index contributed by atoms with van der Waals surface area (Å²) in [6.07, 6.45) is 5.57. The number of halogens is 12. The summed E-state index contributed by atoms with van der Waals surface area (Å²) in [6.45, 7) is -4.85. The summed E-state index contributed by atoms with van der Waals surface area (Å²) in [5.74, 6) is 0. The van der Waals surface area contributed by atoms with Gasteiger partial charge in [0.05, 0.1) is 0 Å². The predicted octanol–water partition coefficient (Wildman–Crippen LogP) is 9.53. The Kier molecular flexibility index (Phi) is 11.8. The van der Waals surface area contributed by atoms with Crippen molar-refractivity contribution in [2.45, 2.75) is 0 Å². The maximum atomic E-state index is 14.1. The van der Waals surface area contributed by atoms with Crippen LogP contribution >= 0.6 is 57.1 Å². The molecule has 8 nitrogen and oxygen atoms in total. The van der Waals surface area contributed by atoms with Crippen LogP contribution in [0.25, 0.3) is 0 Å². The highest BCUT2D eigenvalue weighted by Gasteiger charge is 2.45. The van der Waals surface area contributed by atoms with Gasteiger partial charge in [-0.3, -0.25) is 4.98 Å². The van der Waals surface area contributed by atoms with Gasteiger partial charge in [0, 0.05) is 24.5 Å². The minimum atomic E-state index is -5.64. The van der Waals surface area contributed by atoms with Crippen LogP contribution in [0, 0.1) is 0 Å². The van der Waals surface area contributed by atoms with E-state index < -0.39 is 45.8 Å². The van der Waals surface area contributed by atoms with Crippen LogP contribution in [0.1, 0.15) is 0 Å². The Morgan fingerprint density at radius 2 is 0.917 bits per heavy atom. The van der Waals surface area contributed by atoms with E-state index in [1.165, 1.54) is 18.2 Å². The van der Waals surface area contributed by atoms with Crippen LogP contribution < -0.4 is 16.7 Å². The first-order chi connectivity index (χ1) is 15.8. The first-order valence-corrected chi connectivity index (χ1v) is 18.1. The van der Waals surface area contributed by atoms with E-state index in [9.17, 15) is 42.0 Å². The first kappa shape index (κ1) is 33.6. The van der Waals surface area contributed by atoms with Gasteiger partial charge in [0.2, 0.25) is 0 Å². The molecule has 0 amide bonds. The third kappa shape index (κ3) is 11.5. The Bertz CT molecular complexity index is 1270. The largest absolute Gasteiger partial charge is 1.00 e. The lowest BCUT2D eigenvalue weighted by atomic mass is 10.5. The van der Waals surface area contributed by atoms with Crippen LogP contribution in [-0.4, -0.2) is 4.98 Å². The number of hydrogen-bond donors (Lipinski definition) is 0. The lowest BCUT2D eigenvalue weighted by molar-refractivity contribution is -0.520. The molecule has 4 heterocycles. The molecule has 204 valence electrons. The minimum absolute atomic E-state index is 0. The molecule has 26 heteroatoms. The van der Waals surface area contributed by atoms with Gasteiger partial charge in [-0.15, -0.1) is 60.2 Å². The quantitative estimate of drug-likeness (QED) is 0.217. The van der Waals surface area contributed by atoms with Gasteiger partial charge in [0.1, 0.15) is 0 Å². The van der Waals surface area contributed by atoms with E-state index >= 15 is 0 Å². The molecule has 36 heavy (non-hydrogen) atoms. The van der Waals surface area contributed by atoms with Gasteiger partial charge in [-0.05, 0) is 23.4 Å². The highest BCUT2D eigenvalue weighted by atomic mass is 35.7. The van der Waals surface area contributed by atoms with Crippen molar-refractivity contribution in [1.29, 1.82) is 0 Å². The van der Waals surface area contributed by atoms with E-state index in [1.54, 1.807) is 16.9 Å². The summed E-state index contributed by atoms with van der Waals surface area (Å²) in [5.41, 5.74) is 0. The molecule has 0 radical (unpaired) electrons. The van der Waals surface area contributed by atoms with Crippen molar-refractivity contribution in [3.05, 3.63) is 61.2 Å². The average molecular weight is 689 g/mol. The van der Waals surface area contributed by atoms with Crippen LogP contribution in [-0.2, 0) is 0 Å². The second-order valence-electron chi connectivity index (χ2n) is 5.59. The van der Waals surface area contributed by atoms with E-state index in [0.717, 1.165) is 12.4 Å². The molecule has 0 fully saturated rings. The molecule has 2 unspecified atom stereocenters. The smallest absolute Gasteiger partial charge is 0.525 e. The van der Waals surface area contributed by atoms with Crippen LogP contribution in [0.15, 0.2) is 88.3 Å². The Hall–Kier alpha value is -0.440. The van der Waals surface area contributed by atoms with Crippen LogP contribution in [0.3, 0.4) is 0 Å². The zero-order chi connectivity index (χ0) is 26.6. The number of nitrogens with zero attached hydrogens (tertiary/aromatic N) is 8. The maximum absolute atomic E-state index is 14.1. The minimum Gasteiger partial charge on any atom is -1.00 e. The van der Waals surface area contributed by atoms with Crippen molar-refractivity contribution < 1.29 is 58.7 Å². The van der Waals surface area contributed by atoms with Gasteiger partial charge < -0.3 is 12.4 Å². The Morgan fingerprint density at radius 1 is 0.500 bits per heavy atom. The number of hydrogen-bond acceptors (Lipinski definition) is 7. The van der Waals surface area contributed by atoms with Gasteiger partial charge >= 0.3 is 45.8 Å². The summed E-state index contributed by atoms with van der Waals surface area (Å²) >= 11 is 4.59. The lowest BCUT2D eigenvalue weighted by Gasteiger charge is -2.11. The van der Waals surface area contributed by atoms with E-state index in [0.29, 0.717) is 4.34 Å². The van der Waals surface area contributed by atoms with Crippen molar-refractivity contribution in [2.75, 3.05) is 0 Å². The van der Waals surface area contributed by atoms with Crippen molar-refractivity contribution in [2.24, 2.45) is 27.1 Å². The highest BCUT2D eigenvalue weighted by molar-refractivity contribution is 7.93. The van der Waals surface area contributed by atoms with Gasteiger partial charge in [-0.1, -0.05) is 21.2 Å². The molecule has 0 saturated carbocycles. The zero-order valence-electron chi connectivity index (χ0n) is 16.6. The molecule has 2 aliphatic heterocycles. The Labute approximate surface area is 209 Å². The molecule has 0 aliphatic carbocycles. The van der Waals surface area contributed by atoms with E-state index in [-0.39, 0.29) is 12.4 Å². The normalized spacial score (nSPS) is 27.9. The summed E-state index contributed by atoms with van der Waals surface area (Å²) in [6, 6.07) is 9.82. The second-order valence-corrected chi connectivity index (χ2v) is 17.2. The second kappa shape index (κ2) is 12.6.